The van der Waals surface area contributed by atoms with E-state index >= 15 is 0 Å². The van der Waals surface area contributed by atoms with Crippen LogP contribution in [0.5, 0.6) is 0 Å². The average molecular weight is 537 g/mol. The van der Waals surface area contributed by atoms with Crippen molar-refractivity contribution in [1.82, 2.24) is 0 Å². The molecule has 0 N–H and O–H groups in total. The molecule has 0 unspecified atom stereocenters. The molecule has 0 aliphatic carbocycles. The Labute approximate surface area is 242 Å². The third kappa shape index (κ3) is 3.39. The zero-order valence-electron chi connectivity index (χ0n) is 22.7. The first kappa shape index (κ1) is 23.1. The standard InChI is InChI=1S/C40H24O2/c1-2-9-25(10-3-1)26-11-8-12-27(23-26)38-29-13-4-6-15-31(29)39(32-16-7-5-14-30(32)38)28-17-18-36-34(24-28)40-33-21-22-41-35(33)19-20-37(40)42-36/h1-24H. The maximum Gasteiger partial charge on any atom is 0.136 e. The van der Waals surface area contributed by atoms with Gasteiger partial charge in [0, 0.05) is 16.2 Å². The zero-order valence-corrected chi connectivity index (χ0v) is 22.7. The Kier molecular flexibility index (Phi) is 4.93. The Hall–Kier alpha value is -5.60. The van der Waals surface area contributed by atoms with Crippen LogP contribution in [0.15, 0.2) is 155 Å². The summed E-state index contributed by atoms with van der Waals surface area (Å²) in [6.07, 6.45) is 1.75. The Morgan fingerprint density at radius 2 is 0.905 bits per heavy atom. The lowest BCUT2D eigenvalue weighted by atomic mass is 9.85. The molecule has 0 radical (unpaired) electrons. The molecule has 2 heteroatoms. The monoisotopic (exact) mass is 536 g/mol. The normalized spacial score (nSPS) is 11.8. The van der Waals surface area contributed by atoms with Crippen LogP contribution in [0.4, 0.5) is 0 Å². The average Bonchev–Trinajstić information content (AvgIpc) is 3.68. The second-order valence-electron chi connectivity index (χ2n) is 10.9. The van der Waals surface area contributed by atoms with Crippen molar-refractivity contribution in [3.05, 3.63) is 146 Å². The summed E-state index contributed by atoms with van der Waals surface area (Å²) in [5.74, 6) is 0. The fraction of sp³-hybridized carbons (Fsp3) is 0. The van der Waals surface area contributed by atoms with Crippen LogP contribution < -0.4 is 0 Å². The van der Waals surface area contributed by atoms with Gasteiger partial charge in [-0.15, -0.1) is 0 Å². The van der Waals surface area contributed by atoms with Crippen LogP contribution in [0.1, 0.15) is 0 Å². The maximum absolute atomic E-state index is 6.28. The fourth-order valence-electron chi connectivity index (χ4n) is 6.71. The van der Waals surface area contributed by atoms with E-state index in [4.69, 9.17) is 8.83 Å². The van der Waals surface area contributed by atoms with Gasteiger partial charge >= 0.3 is 0 Å². The van der Waals surface area contributed by atoms with Crippen LogP contribution in [-0.4, -0.2) is 0 Å². The van der Waals surface area contributed by atoms with Crippen molar-refractivity contribution in [3.63, 3.8) is 0 Å². The van der Waals surface area contributed by atoms with Gasteiger partial charge in [0.15, 0.2) is 0 Å². The van der Waals surface area contributed by atoms with Crippen LogP contribution in [-0.2, 0) is 0 Å². The molecule has 9 aromatic rings. The summed E-state index contributed by atoms with van der Waals surface area (Å²) >= 11 is 0. The van der Waals surface area contributed by atoms with Crippen molar-refractivity contribution in [1.29, 1.82) is 0 Å². The molecule has 196 valence electrons. The second-order valence-corrected chi connectivity index (χ2v) is 10.9. The first-order valence-electron chi connectivity index (χ1n) is 14.3. The lowest BCUT2D eigenvalue weighted by Gasteiger charge is -2.18. The van der Waals surface area contributed by atoms with Gasteiger partial charge in [0.05, 0.1) is 6.26 Å². The van der Waals surface area contributed by atoms with Gasteiger partial charge in [0.1, 0.15) is 16.7 Å². The van der Waals surface area contributed by atoms with Crippen LogP contribution in [0, 0.1) is 0 Å². The summed E-state index contributed by atoms with van der Waals surface area (Å²) in [6, 6.07) is 49.7. The van der Waals surface area contributed by atoms with Crippen molar-refractivity contribution in [2.75, 3.05) is 0 Å². The van der Waals surface area contributed by atoms with Crippen molar-refractivity contribution in [2.24, 2.45) is 0 Å². The van der Waals surface area contributed by atoms with E-state index in [1.54, 1.807) is 6.26 Å². The summed E-state index contributed by atoms with van der Waals surface area (Å²) < 4.78 is 12.0. The Morgan fingerprint density at radius 3 is 1.62 bits per heavy atom. The lowest BCUT2D eigenvalue weighted by molar-refractivity contribution is 0.615. The van der Waals surface area contributed by atoms with Gasteiger partial charge in [0.25, 0.3) is 0 Å². The van der Waals surface area contributed by atoms with E-state index in [1.165, 1.54) is 54.9 Å². The number of hydrogen-bond donors (Lipinski definition) is 0. The van der Waals surface area contributed by atoms with Gasteiger partial charge in [-0.05, 0) is 91.3 Å². The van der Waals surface area contributed by atoms with Crippen molar-refractivity contribution >= 4 is 54.5 Å². The Balaban J connectivity index is 1.35. The first-order chi connectivity index (χ1) is 20.8. The summed E-state index contributed by atoms with van der Waals surface area (Å²) in [5.41, 5.74) is 9.94. The molecule has 9 rings (SSSR count). The van der Waals surface area contributed by atoms with Gasteiger partial charge in [-0.25, -0.2) is 0 Å². The second kappa shape index (κ2) is 8.95. The van der Waals surface area contributed by atoms with E-state index in [0.29, 0.717) is 0 Å². The molecule has 0 amide bonds. The molecule has 2 nitrogen and oxygen atoms in total. The van der Waals surface area contributed by atoms with Crippen LogP contribution in [0.3, 0.4) is 0 Å². The van der Waals surface area contributed by atoms with Crippen LogP contribution in [0.25, 0.3) is 87.8 Å². The molecule has 0 aliphatic heterocycles. The Morgan fingerprint density at radius 1 is 0.333 bits per heavy atom. The molecule has 7 aromatic carbocycles. The fourth-order valence-corrected chi connectivity index (χ4v) is 6.71. The summed E-state index contributed by atoms with van der Waals surface area (Å²) in [6.45, 7) is 0. The molecule has 2 aromatic heterocycles. The lowest BCUT2D eigenvalue weighted by Crippen LogP contribution is -1.91. The van der Waals surface area contributed by atoms with Gasteiger partial charge < -0.3 is 8.83 Å². The summed E-state index contributed by atoms with van der Waals surface area (Å²) in [5, 5.41) is 8.22. The molecular weight excluding hydrogens is 512 g/mol. The molecule has 0 saturated heterocycles. The van der Waals surface area contributed by atoms with Gasteiger partial charge in [-0.1, -0.05) is 103 Å². The minimum atomic E-state index is 0.869. The van der Waals surface area contributed by atoms with Crippen LogP contribution in [0.2, 0.25) is 0 Å². The number of furan rings is 2. The molecule has 0 saturated carbocycles. The van der Waals surface area contributed by atoms with Gasteiger partial charge in [0.2, 0.25) is 0 Å². The minimum absolute atomic E-state index is 0.869. The van der Waals surface area contributed by atoms with Crippen molar-refractivity contribution in [2.45, 2.75) is 0 Å². The smallest absolute Gasteiger partial charge is 0.136 e. The van der Waals surface area contributed by atoms with Crippen molar-refractivity contribution in [3.8, 4) is 33.4 Å². The quantitative estimate of drug-likeness (QED) is 0.210. The number of rotatable bonds is 3. The van der Waals surface area contributed by atoms with Crippen LogP contribution >= 0.6 is 0 Å². The topological polar surface area (TPSA) is 26.3 Å². The summed E-state index contributed by atoms with van der Waals surface area (Å²) in [7, 11) is 0. The molecular formula is C40H24O2. The van der Waals surface area contributed by atoms with Gasteiger partial charge in [-0.3, -0.25) is 0 Å². The third-order valence-corrected chi connectivity index (χ3v) is 8.54. The van der Waals surface area contributed by atoms with E-state index in [1.807, 2.05) is 18.2 Å². The number of hydrogen-bond acceptors (Lipinski definition) is 2. The summed E-state index contributed by atoms with van der Waals surface area (Å²) in [4.78, 5) is 0. The van der Waals surface area contributed by atoms with E-state index < -0.39 is 0 Å². The molecule has 0 aliphatic rings. The Bertz CT molecular complexity index is 2400. The highest BCUT2D eigenvalue weighted by molar-refractivity contribution is 6.23. The highest BCUT2D eigenvalue weighted by atomic mass is 16.3. The van der Waals surface area contributed by atoms with Crippen molar-refractivity contribution < 1.29 is 8.83 Å². The molecule has 2 heterocycles. The highest BCUT2D eigenvalue weighted by Crippen LogP contribution is 2.45. The first-order valence-corrected chi connectivity index (χ1v) is 14.3. The van der Waals surface area contributed by atoms with Gasteiger partial charge in [-0.2, -0.15) is 0 Å². The van der Waals surface area contributed by atoms with E-state index in [-0.39, 0.29) is 0 Å². The minimum Gasteiger partial charge on any atom is -0.464 e. The van der Waals surface area contributed by atoms with E-state index in [2.05, 4.69) is 121 Å². The highest BCUT2D eigenvalue weighted by Gasteiger charge is 2.19. The zero-order chi connectivity index (χ0) is 27.6. The predicted octanol–water partition coefficient (Wildman–Crippen LogP) is 11.6. The number of benzene rings is 7. The molecule has 0 atom stereocenters. The molecule has 0 fully saturated rings. The largest absolute Gasteiger partial charge is 0.464 e. The molecule has 0 spiro atoms. The number of fused-ring (bicyclic) bond motifs is 7. The van der Waals surface area contributed by atoms with E-state index in [0.717, 1.165) is 32.9 Å². The molecule has 0 bridgehead atoms. The maximum atomic E-state index is 6.28. The molecule has 42 heavy (non-hydrogen) atoms. The van der Waals surface area contributed by atoms with E-state index in [9.17, 15) is 0 Å². The third-order valence-electron chi connectivity index (χ3n) is 8.54. The predicted molar refractivity (Wildman–Crippen MR) is 175 cm³/mol. The SMILES string of the molecule is c1ccc(-c2cccc(-c3c4ccccc4c(-c4ccc5oc6ccc7occc7c6c5c4)c4ccccc34)c2)cc1.